The Labute approximate surface area is 526 Å². The molecule has 0 saturated carbocycles. The highest BCUT2D eigenvalue weighted by Crippen LogP contribution is 2.27. The molecule has 2 rings (SSSR count). The van der Waals surface area contributed by atoms with E-state index in [1.165, 1.54) is 0 Å². The van der Waals surface area contributed by atoms with E-state index in [1.807, 2.05) is 0 Å². The summed E-state index contributed by atoms with van der Waals surface area (Å²) in [4.78, 5) is 117. The van der Waals surface area contributed by atoms with Crippen molar-refractivity contribution in [3.63, 3.8) is 0 Å². The van der Waals surface area contributed by atoms with E-state index in [1.54, 1.807) is 26.7 Å². The molecular weight excluding hydrogens is 1220 g/mol. The van der Waals surface area contributed by atoms with E-state index in [9.17, 15) is 81.1 Å². The fourth-order valence-corrected chi connectivity index (χ4v) is 8.66. The molecule has 0 radical (unpaired) electrons. The first-order valence-electron chi connectivity index (χ1n) is 30.2. The highest BCUT2D eigenvalue weighted by Gasteiger charge is 2.29. The quantitative estimate of drug-likeness (QED) is 0.0135. The minimum absolute atomic E-state index is 0.0190. The second-order valence-electron chi connectivity index (χ2n) is 20.6. The van der Waals surface area contributed by atoms with Gasteiger partial charge in [0.2, 0.25) is 41.0 Å². The molecule has 30 nitrogen and oxygen atoms in total. The highest BCUT2D eigenvalue weighted by molar-refractivity contribution is 5.87. The summed E-state index contributed by atoms with van der Waals surface area (Å²) in [5, 5.41) is 49.5. The number of aliphatic carboxylic acids is 4. The molecule has 91 heavy (non-hydrogen) atoms. The Hall–Kier alpha value is -6.31. The van der Waals surface area contributed by atoms with Gasteiger partial charge in [-0.2, -0.15) is 8.78 Å². The van der Waals surface area contributed by atoms with E-state index in [4.69, 9.17) is 37.9 Å². The molecule has 520 valence electrons. The van der Waals surface area contributed by atoms with Crippen LogP contribution in [0.5, 0.6) is 5.75 Å². The number of unbranched alkanes of at least 4 members (excludes halogenated alkanes) is 2. The lowest BCUT2D eigenvalue weighted by Crippen LogP contribution is -2.52. The van der Waals surface area contributed by atoms with Crippen LogP contribution in [0.3, 0.4) is 0 Å². The number of hydrogen-bond acceptors (Lipinski definition) is 22. The fraction of sp³-hybridized carbons (Fsp3) is 0.737. The predicted molar refractivity (Wildman–Crippen MR) is 312 cm³/mol. The Morgan fingerprint density at radius 2 is 0.879 bits per heavy atom. The first-order valence-corrected chi connectivity index (χ1v) is 30.2. The molecule has 0 aliphatic carbocycles. The van der Waals surface area contributed by atoms with Gasteiger partial charge in [0.15, 0.2) is 11.6 Å². The van der Waals surface area contributed by atoms with E-state index in [0.717, 1.165) is 0 Å². The molecule has 0 spiro atoms. The summed E-state index contributed by atoms with van der Waals surface area (Å²) in [5.41, 5.74) is 0. The maximum Gasteiger partial charge on any atom is 0.320 e. The number of ether oxygens (including phenoxy) is 9. The summed E-state index contributed by atoms with van der Waals surface area (Å²) in [6.45, 7) is 4.61. The number of rotatable bonds is 51. The number of amides is 4. The zero-order valence-corrected chi connectivity index (χ0v) is 51.7. The van der Waals surface area contributed by atoms with Gasteiger partial charge in [-0.15, -0.1) is 0 Å². The van der Waals surface area contributed by atoms with Gasteiger partial charge in [0.25, 0.3) is 0 Å². The lowest BCUT2D eigenvalue weighted by molar-refractivity contribution is -0.145. The second kappa shape index (κ2) is 50.3. The molecule has 0 bridgehead atoms. The second-order valence-corrected chi connectivity index (χ2v) is 20.6. The summed E-state index contributed by atoms with van der Waals surface area (Å²) in [6.07, 6.45) is 0.0857. The topological polar surface area (TPSA) is 379 Å². The van der Waals surface area contributed by atoms with Crippen molar-refractivity contribution in [3.8, 4) is 5.75 Å². The zero-order chi connectivity index (χ0) is 67.0. The van der Waals surface area contributed by atoms with Crippen LogP contribution >= 0.6 is 0 Å². The van der Waals surface area contributed by atoms with Gasteiger partial charge >= 0.3 is 29.8 Å². The molecule has 1 aliphatic rings. The number of halogens is 4. The van der Waals surface area contributed by atoms with Crippen LogP contribution in [0.4, 0.5) is 17.6 Å². The van der Waals surface area contributed by atoms with Gasteiger partial charge < -0.3 is 84.3 Å². The fourth-order valence-electron chi connectivity index (χ4n) is 8.66. The van der Waals surface area contributed by atoms with E-state index in [0.29, 0.717) is 72.3 Å². The summed E-state index contributed by atoms with van der Waals surface area (Å²) < 4.78 is 103. The van der Waals surface area contributed by atoms with Gasteiger partial charge in [-0.1, -0.05) is 0 Å². The lowest BCUT2D eigenvalue weighted by atomic mass is 10.1. The molecular formula is C57H92F4N8O22. The first-order chi connectivity index (χ1) is 43.7. The summed E-state index contributed by atoms with van der Waals surface area (Å²) in [7, 11) is 1.60. The summed E-state index contributed by atoms with van der Waals surface area (Å²) in [5.74, 6) is -16.5. The van der Waals surface area contributed by atoms with Crippen LogP contribution in [-0.2, 0) is 81.0 Å². The van der Waals surface area contributed by atoms with Gasteiger partial charge in [0.05, 0.1) is 119 Å². The van der Waals surface area contributed by atoms with E-state index >= 15 is 0 Å². The van der Waals surface area contributed by atoms with Gasteiger partial charge in [-0.05, 0) is 38.5 Å². The van der Waals surface area contributed by atoms with Crippen molar-refractivity contribution in [1.82, 2.24) is 40.9 Å². The molecule has 8 N–H and O–H groups in total. The normalized spacial score (nSPS) is 14.6. The number of hydrogen-bond donors (Lipinski definition) is 8. The smallest absolute Gasteiger partial charge is 0.320 e. The molecule has 1 aromatic rings. The van der Waals surface area contributed by atoms with Crippen molar-refractivity contribution < 1.29 is 124 Å². The number of carbonyl (C=O) groups excluding carboxylic acids is 5. The summed E-state index contributed by atoms with van der Waals surface area (Å²) in [6, 6.07) is -2.27. The van der Waals surface area contributed by atoms with Gasteiger partial charge in [0.1, 0.15) is 12.1 Å². The average Bonchev–Trinajstić information content (AvgIpc) is 1.76. The molecule has 1 saturated heterocycles. The minimum Gasteiger partial charge on any atom is -0.480 e. The Bertz CT molecular complexity index is 2270. The monoisotopic (exact) mass is 1320 g/mol. The third-order valence-electron chi connectivity index (χ3n) is 13.4. The maximum atomic E-state index is 14.0. The van der Waals surface area contributed by atoms with Crippen LogP contribution in [0.1, 0.15) is 64.2 Å². The minimum atomic E-state index is -1.89. The van der Waals surface area contributed by atoms with Crippen LogP contribution in [0.15, 0.2) is 6.07 Å². The van der Waals surface area contributed by atoms with Crippen molar-refractivity contribution in [2.75, 3.05) is 198 Å². The van der Waals surface area contributed by atoms with Crippen molar-refractivity contribution in [2.45, 2.75) is 76.3 Å². The number of methoxy groups -OCH3 is 1. The zero-order valence-electron chi connectivity index (χ0n) is 51.7. The predicted octanol–water partition coefficient (Wildman–Crippen LogP) is -0.426. The molecule has 1 fully saturated rings. The number of carbonyl (C=O) groups is 9. The number of benzene rings is 1. The van der Waals surface area contributed by atoms with E-state index < -0.39 is 108 Å². The molecule has 4 amide bonds. The van der Waals surface area contributed by atoms with Crippen molar-refractivity contribution in [1.29, 1.82) is 0 Å². The highest BCUT2D eigenvalue weighted by atomic mass is 19.2. The molecule has 0 aromatic heterocycles. The third kappa shape index (κ3) is 40.3. The molecule has 34 heteroatoms. The molecule has 2 unspecified atom stereocenters. The van der Waals surface area contributed by atoms with Gasteiger partial charge in [-0.3, -0.25) is 62.8 Å². The SMILES string of the molecule is COCCOCCOCCOCCOCCOCCC(=O)NCCCCC(NC(=O)CCCCC(=O)Oc1c(F)c(F)cc(F)c1F)C(=O)NCCOCCOCCNC(=O)CCC(C(=O)O)N1CCN(CC(=O)O)CCN(CC(=O)O)CCN(CC(=O)O)CC1. The molecule has 1 heterocycles. The number of carboxylic acid groups (broad SMARTS) is 4. The number of nitrogens with one attached hydrogen (secondary N) is 4. The number of carboxylic acids is 4. The first kappa shape index (κ1) is 80.8. The van der Waals surface area contributed by atoms with Crippen molar-refractivity contribution in [3.05, 3.63) is 29.3 Å². The van der Waals surface area contributed by atoms with Crippen LogP contribution in [-0.4, -0.2) is 303 Å². The van der Waals surface area contributed by atoms with Crippen LogP contribution in [0.25, 0.3) is 0 Å². The molecule has 1 aliphatic heterocycles. The number of esters is 1. The standard InChI is InChI=1S/C57H92F4N8O22/c1-83-26-27-87-32-33-89-36-37-90-35-34-88-31-28-84-23-11-47(71)62-12-5-4-6-44(65-48(72)7-2-3-8-52(79)91-55-53(60)42(58)38-43(59)54(55)61)56(80)64-14-25-86-30-29-85-24-13-63-46(70)10-9-45(57(81)82)69-21-19-67(40-50(75)76)17-15-66(39-49(73)74)16-18-68(20-22-69)41-51(77)78/h38,44-45H,2-37,39-41H2,1H3,(H,62,71)(H,63,70)(H,64,80)(H,65,72)(H,73,74)(H,75,76)(H,77,78)(H,81,82). The van der Waals surface area contributed by atoms with Crippen molar-refractivity contribution >= 4 is 53.5 Å². The number of nitrogens with zero attached hydrogens (tertiary/aromatic N) is 4. The average molecular weight is 1320 g/mol. The van der Waals surface area contributed by atoms with E-state index in [2.05, 4.69) is 26.0 Å². The summed E-state index contributed by atoms with van der Waals surface area (Å²) >= 11 is 0. The van der Waals surface area contributed by atoms with Crippen LogP contribution < -0.4 is 26.0 Å². The Morgan fingerprint density at radius 3 is 1.35 bits per heavy atom. The van der Waals surface area contributed by atoms with Gasteiger partial charge in [-0.25, -0.2) is 8.78 Å². The lowest BCUT2D eigenvalue weighted by Gasteiger charge is -2.35. The third-order valence-corrected chi connectivity index (χ3v) is 13.4. The van der Waals surface area contributed by atoms with Crippen LogP contribution in [0.2, 0.25) is 0 Å². The van der Waals surface area contributed by atoms with E-state index in [-0.39, 0.29) is 175 Å². The van der Waals surface area contributed by atoms with Gasteiger partial charge in [0, 0.05) is 111 Å². The van der Waals surface area contributed by atoms with Crippen molar-refractivity contribution in [2.24, 2.45) is 0 Å². The molecule has 2 atom stereocenters. The maximum absolute atomic E-state index is 14.0. The largest absolute Gasteiger partial charge is 0.480 e. The Balaban J connectivity index is 1.78. The molecule has 1 aromatic carbocycles. The Kier molecular flexibility index (Phi) is 44.6. The van der Waals surface area contributed by atoms with Crippen LogP contribution in [0, 0.1) is 23.3 Å². The Morgan fingerprint density at radius 1 is 0.462 bits per heavy atom.